The number of rotatable bonds is 10. The van der Waals surface area contributed by atoms with Gasteiger partial charge in [-0.15, -0.1) is 0 Å². The number of hydrogen-bond donors (Lipinski definition) is 6. The van der Waals surface area contributed by atoms with Crippen LogP contribution in [0.3, 0.4) is 0 Å². The average molecular weight is 1210 g/mol. The van der Waals surface area contributed by atoms with Crippen molar-refractivity contribution in [3.8, 4) is 0 Å². The Morgan fingerprint density at radius 2 is 0.977 bits per heavy atom. The van der Waals surface area contributed by atoms with Gasteiger partial charge < -0.3 is 45.9 Å². The van der Waals surface area contributed by atoms with Crippen molar-refractivity contribution in [2.45, 2.75) is 165 Å². The molecule has 86 heavy (non-hydrogen) atoms. The Hall–Kier alpha value is -8.23. The van der Waals surface area contributed by atoms with Crippen molar-refractivity contribution in [1.82, 2.24) is 0 Å². The summed E-state index contributed by atoms with van der Waals surface area (Å²) < 4.78 is 19.3. The molecule has 11 rings (SSSR count). The lowest BCUT2D eigenvalue weighted by Crippen LogP contribution is -2.54. The van der Waals surface area contributed by atoms with Gasteiger partial charge in [0.1, 0.15) is 5.69 Å². The zero-order chi connectivity index (χ0) is 61.8. The maximum absolute atomic E-state index is 12.7. The number of nitrogens with zero attached hydrogens (tertiary/aromatic N) is 9. The SMILES string of the molecule is P.[C-]#[N+]c1ccc(N)c(NC2CC(O)C2)c1.[C-]#[N+]c1ccc([N+](=O)[O-])c(F)c1.[C-]#[N+]c1ccc([N+](=O)[O-])c(NC2CC(O)C2)c1.[C-]#[N+]c1ccc2c(c1)N(C1CC(O)C1)CCC2.[C-]#[N+]c1ccc2c(c1)N(C1CC(O[Si](C)(C)C(C)(C)C)C1)CCC2. The third-order valence-corrected chi connectivity index (χ3v) is 21.2. The second kappa shape index (κ2) is 29.7. The molecule has 4 fully saturated rings. The Labute approximate surface area is 507 Å². The number of halogens is 1. The smallest absolute Gasteiger partial charge is 0.302 e. The number of aliphatic hydroxyl groups excluding tert-OH is 3. The van der Waals surface area contributed by atoms with Gasteiger partial charge in [0.05, 0.1) is 66.7 Å². The summed E-state index contributed by atoms with van der Waals surface area (Å²) in [5, 5.41) is 55.1. The van der Waals surface area contributed by atoms with Gasteiger partial charge in [0.15, 0.2) is 42.6 Å². The molecule has 5 aromatic carbocycles. The normalized spacial score (nSPS) is 21.9. The van der Waals surface area contributed by atoms with Gasteiger partial charge in [0.2, 0.25) is 0 Å². The molecule has 4 aliphatic carbocycles. The summed E-state index contributed by atoms with van der Waals surface area (Å²) in [5.74, 6) is -0.978. The molecule has 2 aliphatic heterocycles. The molecule has 2 heterocycles. The van der Waals surface area contributed by atoms with Gasteiger partial charge in [-0.3, -0.25) is 20.2 Å². The number of anilines is 5. The van der Waals surface area contributed by atoms with E-state index in [9.17, 15) is 29.7 Å². The van der Waals surface area contributed by atoms with E-state index in [1.165, 1.54) is 59.6 Å². The van der Waals surface area contributed by atoms with Crippen molar-refractivity contribution in [2.24, 2.45) is 0 Å². The quantitative estimate of drug-likeness (QED) is 0.0191. The number of hydrogen-bond acceptors (Lipinski definition) is 13. The highest BCUT2D eigenvalue weighted by Crippen LogP contribution is 2.44. The van der Waals surface area contributed by atoms with Gasteiger partial charge in [0.25, 0.3) is 5.69 Å². The summed E-state index contributed by atoms with van der Waals surface area (Å²) in [6, 6.07) is 26.0. The molecule has 4 saturated carbocycles. The molecule has 6 aliphatic rings. The van der Waals surface area contributed by atoms with Gasteiger partial charge in [-0.1, -0.05) is 51.1 Å². The predicted molar refractivity (Wildman–Crippen MR) is 343 cm³/mol. The maximum Gasteiger partial charge on any atom is 0.302 e. The number of benzene rings is 5. The molecule has 5 aromatic rings. The monoisotopic (exact) mass is 1210 g/mol. The number of aryl methyl sites for hydroxylation is 2. The second-order valence-corrected chi connectivity index (χ2v) is 28.5. The van der Waals surface area contributed by atoms with Crippen molar-refractivity contribution < 1.29 is 34.0 Å². The van der Waals surface area contributed by atoms with Gasteiger partial charge in [-0.05, 0) is 155 Å². The highest BCUT2D eigenvalue weighted by molar-refractivity contribution is 6.92. The van der Waals surface area contributed by atoms with Crippen LogP contribution in [0, 0.1) is 58.9 Å². The van der Waals surface area contributed by atoms with E-state index in [4.69, 9.17) is 53.2 Å². The van der Waals surface area contributed by atoms with Crippen LogP contribution in [0.1, 0.15) is 96.1 Å². The van der Waals surface area contributed by atoms with Crippen LogP contribution in [-0.2, 0) is 17.3 Å². The van der Waals surface area contributed by atoms with E-state index in [-0.39, 0.29) is 56.7 Å². The highest BCUT2D eigenvalue weighted by atomic mass is 31.0. The van der Waals surface area contributed by atoms with Crippen LogP contribution in [0.15, 0.2) is 91.0 Å². The number of nitrogen functional groups attached to an aromatic ring is 1. The van der Waals surface area contributed by atoms with Crippen LogP contribution < -0.4 is 26.2 Å². The first kappa shape index (κ1) is 66.9. The first-order valence-corrected chi connectivity index (χ1v) is 31.4. The molecular formula is C63H76FN12O8PSi. The van der Waals surface area contributed by atoms with Crippen molar-refractivity contribution in [2.75, 3.05) is 39.3 Å². The number of nitrogens with one attached hydrogen (secondary N) is 2. The topological polar surface area (TPSA) is 235 Å². The molecule has 23 heteroatoms. The van der Waals surface area contributed by atoms with Crippen LogP contribution in [0.25, 0.3) is 24.2 Å². The predicted octanol–water partition coefficient (Wildman–Crippen LogP) is 14.2. The molecule has 1 atom stereocenters. The Bertz CT molecular complexity index is 3440. The zero-order valence-electron chi connectivity index (χ0n) is 49.2. The first-order valence-electron chi connectivity index (χ1n) is 28.5. The Kier molecular flexibility index (Phi) is 23.1. The Morgan fingerprint density at radius 3 is 1.40 bits per heavy atom. The number of fused-ring (bicyclic) bond motifs is 2. The van der Waals surface area contributed by atoms with E-state index in [1.807, 2.05) is 18.2 Å². The second-order valence-electron chi connectivity index (χ2n) is 23.7. The molecule has 452 valence electrons. The molecule has 0 amide bonds. The minimum atomic E-state index is -1.66. The molecule has 7 N–H and O–H groups in total. The van der Waals surface area contributed by atoms with Crippen molar-refractivity contribution in [1.29, 1.82) is 0 Å². The van der Waals surface area contributed by atoms with E-state index in [0.717, 1.165) is 93.7 Å². The van der Waals surface area contributed by atoms with Gasteiger partial charge in [-0.2, -0.15) is 9.90 Å². The molecule has 1 unspecified atom stereocenters. The molecular weight excluding hydrogens is 1130 g/mol. The fourth-order valence-corrected chi connectivity index (χ4v) is 11.9. The number of nitrogens with two attached hydrogens (primary N) is 1. The highest BCUT2D eigenvalue weighted by Gasteiger charge is 2.44. The summed E-state index contributed by atoms with van der Waals surface area (Å²) in [6.07, 6.45) is 11.1. The van der Waals surface area contributed by atoms with Crippen molar-refractivity contribution in [3.05, 3.63) is 185 Å². The number of nitro benzene ring substituents is 2. The minimum absolute atomic E-state index is 0. The first-order chi connectivity index (χ1) is 40.4. The van der Waals surface area contributed by atoms with Crippen LogP contribution in [0.2, 0.25) is 18.1 Å². The molecule has 0 bridgehead atoms. The fraction of sp³-hybridized carbons (Fsp3) is 0.444. The lowest BCUT2D eigenvalue weighted by molar-refractivity contribution is -0.387. The van der Waals surface area contributed by atoms with E-state index >= 15 is 0 Å². The van der Waals surface area contributed by atoms with Crippen LogP contribution >= 0.6 is 9.90 Å². The third-order valence-electron chi connectivity index (χ3n) is 16.7. The molecule has 0 spiro atoms. The van der Waals surface area contributed by atoms with Crippen LogP contribution in [0.5, 0.6) is 0 Å². The fourth-order valence-electron chi connectivity index (χ4n) is 10.5. The van der Waals surface area contributed by atoms with E-state index < -0.39 is 29.7 Å². The minimum Gasteiger partial charge on any atom is -0.414 e. The van der Waals surface area contributed by atoms with Gasteiger partial charge in [-0.25, -0.2) is 28.6 Å². The number of aliphatic hydroxyl groups is 3. The average Bonchev–Trinajstić information content (AvgIpc) is 2.47. The van der Waals surface area contributed by atoms with E-state index in [2.05, 4.69) is 96.7 Å². The summed E-state index contributed by atoms with van der Waals surface area (Å²) >= 11 is 0. The maximum atomic E-state index is 12.7. The number of nitro groups is 2. The van der Waals surface area contributed by atoms with Crippen LogP contribution in [0.4, 0.5) is 72.6 Å². The zero-order valence-corrected chi connectivity index (χ0v) is 51.7. The van der Waals surface area contributed by atoms with Gasteiger partial charge >= 0.3 is 5.69 Å². The third kappa shape index (κ3) is 17.2. The molecule has 0 saturated heterocycles. The van der Waals surface area contributed by atoms with Gasteiger partial charge in [0, 0.05) is 72.6 Å². The summed E-state index contributed by atoms with van der Waals surface area (Å²) in [5.41, 5.74) is 14.7. The van der Waals surface area contributed by atoms with Crippen molar-refractivity contribution in [3.63, 3.8) is 0 Å². The summed E-state index contributed by atoms with van der Waals surface area (Å²) in [7, 11) is -1.66. The molecule has 0 aromatic heterocycles. The largest absolute Gasteiger partial charge is 0.414 e. The Morgan fingerprint density at radius 1 is 0.593 bits per heavy atom. The molecule has 0 radical (unpaired) electrons. The van der Waals surface area contributed by atoms with E-state index in [0.29, 0.717) is 53.8 Å². The van der Waals surface area contributed by atoms with Crippen molar-refractivity contribution >= 4 is 86.5 Å². The lowest BCUT2D eigenvalue weighted by Gasteiger charge is -2.50. The van der Waals surface area contributed by atoms with Crippen LogP contribution in [-0.4, -0.2) is 95.2 Å². The standard InChI is InChI=1S/C20H30N2OSi.C14H16N2O.C11H11N3O3.C11H13N3O.C7H3FN2O2.H3P/c1-20(2,3)24(5,6)23-18-13-17(14-18)22-11-7-8-15-9-10-16(21-4)12-19(15)22;1-15-11-5-4-10-3-2-6-16(14(10)7-11)12-8-13(17)9-12;1-12-7-2-3-11(14(16)17)10(6-7)13-8-4-9(15)5-8;1-13-7-2-3-10(12)11(6-7)14-8-4-9(15)5-8;1-9-5-2-3-7(10(11)12)6(8)4-5;/h9-10,12,17-18H,7-8,11,13-14H2,1-3,5-6H3;4-5,7,12-13,17H,2-3,6,8-9H2;2-3,6,8-9,13,15H,4-5H2;2-3,6,8-9,14-15H,4-5,12H2;2-4H;1H3. The van der Waals surface area contributed by atoms with E-state index in [1.54, 1.807) is 18.2 Å². The lowest BCUT2D eigenvalue weighted by atomic mass is 9.86. The summed E-state index contributed by atoms with van der Waals surface area (Å²) in [4.78, 5) is 41.2. The Balaban J connectivity index is 0.000000175. The molecule has 20 nitrogen and oxygen atoms in total. The summed E-state index contributed by atoms with van der Waals surface area (Å²) in [6.45, 7) is 48.4.